The van der Waals surface area contributed by atoms with Crippen molar-refractivity contribution in [1.82, 2.24) is 29.9 Å². The molecule has 2 aliphatic heterocycles. The first-order chi connectivity index (χ1) is 14.6. The molecule has 0 spiro atoms. The summed E-state index contributed by atoms with van der Waals surface area (Å²) in [4.78, 5) is 31.3. The van der Waals surface area contributed by atoms with E-state index < -0.39 is 11.9 Å². The zero-order valence-electron chi connectivity index (χ0n) is 16.9. The van der Waals surface area contributed by atoms with Crippen molar-refractivity contribution in [3.8, 4) is 0 Å². The number of carbonyl (C=O) groups excluding carboxylic acids is 2. The lowest BCUT2D eigenvalue weighted by Crippen LogP contribution is -2.47. The number of hydrogen-bond acceptors (Lipinski definition) is 6. The number of hydrogen-bond donors (Lipinski definition) is 1. The Morgan fingerprint density at radius 2 is 2.13 bits per heavy atom. The highest BCUT2D eigenvalue weighted by Crippen LogP contribution is 2.40. The molecule has 1 fully saturated rings. The normalized spacial score (nSPS) is 23.6. The number of fused-ring (bicyclic) bond motifs is 1. The summed E-state index contributed by atoms with van der Waals surface area (Å²) < 4.78 is 8.73. The maximum Gasteiger partial charge on any atom is 0.291 e. The lowest BCUT2D eigenvalue weighted by Gasteiger charge is -2.20. The molecule has 1 N–H and O–H groups in total. The standard InChI is InChI=1S/C20H25N7O3/c1-25-17-10-16(14-2-3-14)23-27(17)7-4-15(20(25)29)22-19(28)18-21-12-26(24-18)11-13-5-8-30-9-6-13/h5,8,10,12-15H,2-4,6-7,9,11H2,1H3,(H,22,28). The highest BCUT2D eigenvalue weighted by molar-refractivity contribution is 6.00. The van der Waals surface area contributed by atoms with Crippen LogP contribution in [0.2, 0.25) is 0 Å². The van der Waals surface area contributed by atoms with E-state index in [1.54, 1.807) is 29.2 Å². The summed E-state index contributed by atoms with van der Waals surface area (Å²) in [5.41, 5.74) is 1.06. The summed E-state index contributed by atoms with van der Waals surface area (Å²) in [6.45, 7) is 1.89. The zero-order valence-corrected chi connectivity index (χ0v) is 16.9. The summed E-state index contributed by atoms with van der Waals surface area (Å²) >= 11 is 0. The van der Waals surface area contributed by atoms with Crippen LogP contribution >= 0.6 is 0 Å². The van der Waals surface area contributed by atoms with Gasteiger partial charge in [0.25, 0.3) is 11.8 Å². The molecular formula is C20H25N7O3. The van der Waals surface area contributed by atoms with Crippen molar-refractivity contribution in [2.24, 2.45) is 5.92 Å². The Bertz CT molecular complexity index is 990. The Kier molecular flexibility index (Phi) is 4.76. The first-order valence-corrected chi connectivity index (χ1v) is 10.4. The first kappa shape index (κ1) is 18.8. The summed E-state index contributed by atoms with van der Waals surface area (Å²) in [5, 5.41) is 11.7. The van der Waals surface area contributed by atoms with Crippen LogP contribution in [0.15, 0.2) is 24.7 Å². The maximum atomic E-state index is 12.9. The third kappa shape index (κ3) is 3.69. The summed E-state index contributed by atoms with van der Waals surface area (Å²) in [5.74, 6) is 1.08. The molecule has 5 rings (SSSR count). The van der Waals surface area contributed by atoms with Gasteiger partial charge in [0, 0.05) is 38.0 Å². The fourth-order valence-corrected chi connectivity index (χ4v) is 3.95. The van der Waals surface area contributed by atoms with Gasteiger partial charge in [0.1, 0.15) is 18.2 Å². The number of allylic oxidation sites excluding steroid dienone is 1. The van der Waals surface area contributed by atoms with Gasteiger partial charge in [0.15, 0.2) is 0 Å². The van der Waals surface area contributed by atoms with E-state index in [-0.39, 0.29) is 11.7 Å². The number of ether oxygens (including phenoxy) is 1. The Morgan fingerprint density at radius 3 is 2.90 bits per heavy atom. The number of aryl methyl sites for hydroxylation is 1. The minimum atomic E-state index is -0.640. The Hall–Kier alpha value is -3.17. The number of rotatable bonds is 5. The molecular weight excluding hydrogens is 386 g/mol. The molecule has 0 aromatic carbocycles. The Balaban J connectivity index is 1.23. The fourth-order valence-electron chi connectivity index (χ4n) is 3.95. The third-order valence-corrected chi connectivity index (χ3v) is 5.90. The number of carbonyl (C=O) groups is 2. The predicted molar refractivity (Wildman–Crippen MR) is 107 cm³/mol. The molecule has 2 amide bonds. The number of likely N-dealkylation sites (N-methyl/N-ethyl adjacent to an activating group) is 1. The number of nitrogens with zero attached hydrogens (tertiary/aromatic N) is 6. The molecule has 30 heavy (non-hydrogen) atoms. The van der Waals surface area contributed by atoms with E-state index in [9.17, 15) is 9.59 Å². The van der Waals surface area contributed by atoms with E-state index in [1.807, 2.05) is 16.8 Å². The van der Waals surface area contributed by atoms with Gasteiger partial charge < -0.3 is 10.1 Å². The second-order valence-corrected chi connectivity index (χ2v) is 8.18. The van der Waals surface area contributed by atoms with Gasteiger partial charge in [0.2, 0.25) is 5.82 Å². The summed E-state index contributed by atoms with van der Waals surface area (Å²) in [6, 6.07) is 1.35. The molecule has 3 aliphatic rings. The molecule has 2 aromatic rings. The second kappa shape index (κ2) is 7.58. The van der Waals surface area contributed by atoms with E-state index in [0.29, 0.717) is 38.0 Å². The highest BCUT2D eigenvalue weighted by atomic mass is 16.5. The van der Waals surface area contributed by atoms with Crippen LogP contribution in [-0.4, -0.2) is 56.1 Å². The van der Waals surface area contributed by atoms with Crippen molar-refractivity contribution >= 4 is 17.6 Å². The molecule has 1 saturated carbocycles. The van der Waals surface area contributed by atoms with Gasteiger partial charge in [-0.05, 0) is 31.8 Å². The predicted octanol–water partition coefficient (Wildman–Crippen LogP) is 1.07. The molecule has 2 atom stereocenters. The summed E-state index contributed by atoms with van der Waals surface area (Å²) in [6.07, 6.45) is 8.94. The average Bonchev–Trinajstić information content (AvgIpc) is 3.37. The van der Waals surface area contributed by atoms with Crippen LogP contribution in [0.3, 0.4) is 0 Å². The highest BCUT2D eigenvalue weighted by Gasteiger charge is 2.34. The second-order valence-electron chi connectivity index (χ2n) is 8.18. The molecule has 158 valence electrons. The Labute approximate surface area is 173 Å². The first-order valence-electron chi connectivity index (χ1n) is 10.4. The van der Waals surface area contributed by atoms with Gasteiger partial charge in [0.05, 0.1) is 18.6 Å². The van der Waals surface area contributed by atoms with E-state index in [1.165, 1.54) is 0 Å². The molecule has 4 heterocycles. The van der Waals surface area contributed by atoms with E-state index in [4.69, 9.17) is 4.74 Å². The summed E-state index contributed by atoms with van der Waals surface area (Å²) in [7, 11) is 1.73. The van der Waals surface area contributed by atoms with Crippen molar-refractivity contribution in [3.63, 3.8) is 0 Å². The molecule has 2 unspecified atom stereocenters. The van der Waals surface area contributed by atoms with Gasteiger partial charge in [-0.25, -0.2) is 9.67 Å². The van der Waals surface area contributed by atoms with E-state index in [0.717, 1.165) is 30.8 Å². The van der Waals surface area contributed by atoms with Crippen molar-refractivity contribution in [3.05, 3.63) is 36.3 Å². The van der Waals surface area contributed by atoms with Crippen LogP contribution in [0, 0.1) is 5.92 Å². The maximum absolute atomic E-state index is 12.9. The monoisotopic (exact) mass is 411 g/mol. The molecule has 10 nitrogen and oxygen atoms in total. The topological polar surface area (TPSA) is 107 Å². The van der Waals surface area contributed by atoms with E-state index >= 15 is 0 Å². The minimum Gasteiger partial charge on any atom is -0.501 e. The van der Waals surface area contributed by atoms with Crippen LogP contribution in [0.1, 0.15) is 47.9 Å². The van der Waals surface area contributed by atoms with Crippen molar-refractivity contribution < 1.29 is 14.3 Å². The number of anilines is 1. The van der Waals surface area contributed by atoms with Crippen molar-refractivity contribution in [2.45, 2.75) is 50.7 Å². The van der Waals surface area contributed by atoms with Crippen LogP contribution in [-0.2, 0) is 22.6 Å². The fraction of sp³-hybridized carbons (Fsp3) is 0.550. The molecule has 0 saturated heterocycles. The Morgan fingerprint density at radius 1 is 1.27 bits per heavy atom. The number of amides is 2. The van der Waals surface area contributed by atoms with E-state index in [2.05, 4.69) is 20.5 Å². The van der Waals surface area contributed by atoms with Crippen molar-refractivity contribution in [2.75, 3.05) is 18.6 Å². The molecule has 10 heteroatoms. The minimum absolute atomic E-state index is 0.0690. The quantitative estimate of drug-likeness (QED) is 0.789. The lowest BCUT2D eigenvalue weighted by atomic mass is 10.1. The van der Waals surface area contributed by atoms with Gasteiger partial charge in [-0.15, -0.1) is 5.10 Å². The molecule has 0 bridgehead atoms. The number of nitrogens with one attached hydrogen (secondary N) is 1. The van der Waals surface area contributed by atoms with Gasteiger partial charge in [-0.3, -0.25) is 19.2 Å². The van der Waals surface area contributed by atoms with Gasteiger partial charge in [-0.2, -0.15) is 5.10 Å². The van der Waals surface area contributed by atoms with Crippen LogP contribution in [0.5, 0.6) is 0 Å². The molecule has 2 aromatic heterocycles. The molecule has 1 aliphatic carbocycles. The van der Waals surface area contributed by atoms with Crippen LogP contribution < -0.4 is 10.2 Å². The van der Waals surface area contributed by atoms with Crippen LogP contribution in [0.4, 0.5) is 5.82 Å². The SMILES string of the molecule is CN1C(=O)C(NC(=O)c2ncn(CC3C=COCC3)n2)CCn2nc(C3CC3)cc21. The smallest absolute Gasteiger partial charge is 0.291 e. The van der Waals surface area contributed by atoms with Crippen LogP contribution in [0.25, 0.3) is 0 Å². The molecule has 0 radical (unpaired) electrons. The average molecular weight is 411 g/mol. The zero-order chi connectivity index (χ0) is 20.7. The third-order valence-electron chi connectivity index (χ3n) is 5.90. The van der Waals surface area contributed by atoms with Gasteiger partial charge in [-0.1, -0.05) is 0 Å². The number of aromatic nitrogens is 5. The lowest BCUT2D eigenvalue weighted by molar-refractivity contribution is -0.120. The van der Waals surface area contributed by atoms with Gasteiger partial charge >= 0.3 is 0 Å². The van der Waals surface area contributed by atoms with Crippen molar-refractivity contribution in [1.29, 1.82) is 0 Å². The largest absolute Gasteiger partial charge is 0.501 e.